The second-order valence-electron chi connectivity index (χ2n) is 9.35. The summed E-state index contributed by atoms with van der Waals surface area (Å²) in [5.41, 5.74) is 5.36. The Morgan fingerprint density at radius 2 is 1.65 bits per heavy atom. The summed E-state index contributed by atoms with van der Waals surface area (Å²) in [5, 5.41) is 13.2. The van der Waals surface area contributed by atoms with Gasteiger partial charge in [0.2, 0.25) is 11.4 Å². The maximum absolute atomic E-state index is 11.0. The topological polar surface area (TPSA) is 40.0 Å². The summed E-state index contributed by atoms with van der Waals surface area (Å²) in [6.45, 7) is 6.72. The van der Waals surface area contributed by atoms with Crippen molar-refractivity contribution >= 4 is 39.8 Å². The van der Waals surface area contributed by atoms with Crippen LogP contribution in [0.1, 0.15) is 38.7 Å². The van der Waals surface area contributed by atoms with E-state index in [1.807, 2.05) is 18.3 Å². The van der Waals surface area contributed by atoms with Crippen molar-refractivity contribution in [1.82, 2.24) is 0 Å². The molecule has 4 heteroatoms. The molecule has 3 aromatic carbocycles. The Morgan fingerprint density at radius 3 is 2.39 bits per heavy atom. The van der Waals surface area contributed by atoms with Gasteiger partial charge in [0.15, 0.2) is 0 Å². The van der Waals surface area contributed by atoms with Gasteiger partial charge in [-0.05, 0) is 39.2 Å². The van der Waals surface area contributed by atoms with Crippen LogP contribution in [0.15, 0.2) is 59.6 Å². The fourth-order valence-electron chi connectivity index (χ4n) is 5.38. The maximum Gasteiger partial charge on any atom is 0.210 e. The summed E-state index contributed by atoms with van der Waals surface area (Å²) in [7, 11) is 2.09. The van der Waals surface area contributed by atoms with Crippen LogP contribution in [0.4, 0.5) is 17.1 Å². The average Bonchev–Trinajstić information content (AvgIpc) is 2.99. The van der Waals surface area contributed by atoms with Gasteiger partial charge in [0.05, 0.1) is 24.7 Å². The molecule has 2 heterocycles. The lowest BCUT2D eigenvalue weighted by molar-refractivity contribution is -0.837. The smallest absolute Gasteiger partial charge is 0.210 e. The SMILES string of the molecule is C[N+]1=C(C=Nc2c(O)cc([NH+]3CCCCC3)c3ccccc23)C(C)(C)c2ccccc21. The van der Waals surface area contributed by atoms with Crippen LogP contribution in [-0.4, -0.2) is 41.7 Å². The van der Waals surface area contributed by atoms with E-state index in [2.05, 4.69) is 67.9 Å². The molecule has 4 nitrogen and oxygen atoms in total. The van der Waals surface area contributed by atoms with Gasteiger partial charge in [-0.3, -0.25) is 0 Å². The molecule has 0 spiro atoms. The van der Waals surface area contributed by atoms with Crippen molar-refractivity contribution in [2.75, 3.05) is 20.1 Å². The van der Waals surface area contributed by atoms with Crippen LogP contribution in [0.2, 0.25) is 0 Å². The average molecular weight is 414 g/mol. The third-order valence-corrected chi connectivity index (χ3v) is 7.09. The molecule has 0 atom stereocenters. The van der Waals surface area contributed by atoms with E-state index in [0.717, 1.165) is 24.2 Å². The molecular formula is C27H31N3O+2. The van der Waals surface area contributed by atoms with E-state index in [4.69, 9.17) is 4.99 Å². The first kappa shape index (κ1) is 20.0. The number of benzene rings is 3. The number of fused-ring (bicyclic) bond motifs is 2. The Hall–Kier alpha value is -2.98. The molecule has 0 bridgehead atoms. The highest BCUT2D eigenvalue weighted by Gasteiger charge is 2.43. The van der Waals surface area contributed by atoms with Gasteiger partial charge >= 0.3 is 0 Å². The molecule has 31 heavy (non-hydrogen) atoms. The quantitative estimate of drug-likeness (QED) is 0.476. The minimum Gasteiger partial charge on any atom is -0.505 e. The van der Waals surface area contributed by atoms with Crippen LogP contribution in [0.25, 0.3) is 10.8 Å². The Labute approximate surface area is 184 Å². The highest BCUT2D eigenvalue weighted by molar-refractivity contribution is 6.34. The van der Waals surface area contributed by atoms with Crippen molar-refractivity contribution in [2.24, 2.45) is 4.99 Å². The number of quaternary nitrogens is 1. The largest absolute Gasteiger partial charge is 0.505 e. The summed E-state index contributed by atoms with van der Waals surface area (Å²) >= 11 is 0. The molecule has 0 aliphatic carbocycles. The monoisotopic (exact) mass is 413 g/mol. The minimum atomic E-state index is -0.141. The first-order valence-corrected chi connectivity index (χ1v) is 11.3. The number of nitrogens with one attached hydrogen (secondary N) is 1. The van der Waals surface area contributed by atoms with Crippen LogP contribution in [0.3, 0.4) is 0 Å². The van der Waals surface area contributed by atoms with Crippen molar-refractivity contribution < 1.29 is 14.6 Å². The molecular weight excluding hydrogens is 382 g/mol. The number of aromatic hydroxyl groups is 1. The highest BCUT2D eigenvalue weighted by Crippen LogP contribution is 2.41. The molecule has 0 aromatic heterocycles. The van der Waals surface area contributed by atoms with Gasteiger partial charge in [0.1, 0.15) is 24.2 Å². The summed E-state index contributed by atoms with van der Waals surface area (Å²) in [6.07, 6.45) is 5.73. The fourth-order valence-corrected chi connectivity index (χ4v) is 5.38. The number of phenolic OH excluding ortho intramolecular Hbond substituents is 1. The number of aliphatic imine (C=N–C) groups is 1. The standard InChI is InChI=1S/C27H29N3O/c1-27(2)21-13-7-8-14-22(21)29(3)25(27)18-28-26-20-12-6-5-11-19(20)23(17-24(26)31)30-15-9-4-10-16-30/h5-8,11-14,17-18H,4,9-10,15-16H2,1-3H3/p+2. The van der Waals surface area contributed by atoms with Crippen molar-refractivity contribution in [3.63, 3.8) is 0 Å². The second-order valence-corrected chi connectivity index (χ2v) is 9.35. The van der Waals surface area contributed by atoms with Gasteiger partial charge in [-0.15, -0.1) is 0 Å². The molecule has 0 amide bonds. The van der Waals surface area contributed by atoms with Crippen LogP contribution in [0.5, 0.6) is 5.75 Å². The van der Waals surface area contributed by atoms with E-state index >= 15 is 0 Å². The van der Waals surface area contributed by atoms with Gasteiger partial charge in [-0.25, -0.2) is 4.99 Å². The Balaban J connectivity index is 1.60. The molecule has 0 unspecified atom stereocenters. The Bertz CT molecular complexity index is 1220. The fraction of sp³-hybridized carbons (Fsp3) is 0.333. The van der Waals surface area contributed by atoms with Crippen molar-refractivity contribution in [1.29, 1.82) is 0 Å². The predicted octanol–water partition coefficient (Wildman–Crippen LogP) is 4.65. The lowest BCUT2D eigenvalue weighted by Crippen LogP contribution is -3.08. The van der Waals surface area contributed by atoms with Crippen molar-refractivity contribution in [2.45, 2.75) is 38.5 Å². The third-order valence-electron chi connectivity index (χ3n) is 7.09. The van der Waals surface area contributed by atoms with E-state index in [-0.39, 0.29) is 11.2 Å². The first-order valence-electron chi connectivity index (χ1n) is 11.3. The van der Waals surface area contributed by atoms with Crippen LogP contribution in [-0.2, 0) is 5.41 Å². The van der Waals surface area contributed by atoms with Crippen molar-refractivity contribution in [3.05, 3.63) is 60.2 Å². The first-order chi connectivity index (χ1) is 15.0. The molecule has 2 aliphatic rings. The van der Waals surface area contributed by atoms with E-state index in [1.54, 1.807) is 0 Å². The van der Waals surface area contributed by atoms with Gasteiger partial charge < -0.3 is 10.0 Å². The summed E-state index contributed by atoms with van der Waals surface area (Å²) in [4.78, 5) is 6.34. The zero-order chi connectivity index (χ0) is 21.6. The maximum atomic E-state index is 11.0. The summed E-state index contributed by atoms with van der Waals surface area (Å²) < 4.78 is 2.21. The van der Waals surface area contributed by atoms with E-state index in [1.165, 1.54) is 46.5 Å². The molecule has 2 N–H and O–H groups in total. The molecule has 0 radical (unpaired) electrons. The number of phenols is 1. The molecule has 2 aliphatic heterocycles. The lowest BCUT2D eigenvalue weighted by atomic mass is 9.82. The number of hydrogen-bond acceptors (Lipinski definition) is 2. The minimum absolute atomic E-state index is 0.141. The molecule has 1 fully saturated rings. The van der Waals surface area contributed by atoms with Gasteiger partial charge in [0.25, 0.3) is 0 Å². The van der Waals surface area contributed by atoms with Crippen LogP contribution < -0.4 is 4.90 Å². The molecule has 158 valence electrons. The third kappa shape index (κ3) is 3.26. The summed E-state index contributed by atoms with van der Waals surface area (Å²) in [5.74, 6) is 0.264. The molecule has 5 rings (SSSR count). The molecule has 3 aromatic rings. The van der Waals surface area contributed by atoms with E-state index < -0.39 is 0 Å². The van der Waals surface area contributed by atoms with Crippen LogP contribution in [0, 0.1) is 0 Å². The number of rotatable bonds is 3. The normalized spacial score (nSPS) is 18.8. The highest BCUT2D eigenvalue weighted by atomic mass is 16.3. The van der Waals surface area contributed by atoms with E-state index in [9.17, 15) is 5.11 Å². The zero-order valence-electron chi connectivity index (χ0n) is 18.7. The molecule has 0 saturated carbocycles. The second kappa shape index (κ2) is 7.61. The molecule has 1 saturated heterocycles. The lowest BCUT2D eigenvalue weighted by Gasteiger charge is -2.24. The van der Waals surface area contributed by atoms with E-state index in [0.29, 0.717) is 5.69 Å². The van der Waals surface area contributed by atoms with Crippen molar-refractivity contribution in [3.8, 4) is 5.75 Å². The van der Waals surface area contributed by atoms with Gasteiger partial charge in [-0.1, -0.05) is 36.4 Å². The zero-order valence-corrected chi connectivity index (χ0v) is 18.7. The van der Waals surface area contributed by atoms with Gasteiger partial charge in [0, 0.05) is 28.5 Å². The van der Waals surface area contributed by atoms with Crippen LogP contribution >= 0.6 is 0 Å². The summed E-state index contributed by atoms with van der Waals surface area (Å²) in [6, 6.07) is 18.8. The number of para-hydroxylation sites is 1. The number of piperidine rings is 1. The number of hydrogen-bond donors (Lipinski definition) is 2. The number of nitrogens with zero attached hydrogens (tertiary/aromatic N) is 2. The van der Waals surface area contributed by atoms with Gasteiger partial charge in [-0.2, -0.15) is 4.58 Å². The predicted molar refractivity (Wildman–Crippen MR) is 128 cm³/mol. The Morgan fingerprint density at radius 1 is 0.968 bits per heavy atom. The Kier molecular flexibility index (Phi) is 4.90.